The van der Waals surface area contributed by atoms with Crippen molar-refractivity contribution in [2.75, 3.05) is 7.11 Å². The van der Waals surface area contributed by atoms with Crippen LogP contribution in [0.15, 0.2) is 21.2 Å². The van der Waals surface area contributed by atoms with Crippen molar-refractivity contribution in [1.82, 2.24) is 0 Å². The highest BCUT2D eigenvalue weighted by Gasteiger charge is 2.34. The second kappa shape index (κ2) is 3.51. The van der Waals surface area contributed by atoms with Crippen molar-refractivity contribution in [3.8, 4) is 0 Å². The number of halogens is 1. The van der Waals surface area contributed by atoms with E-state index >= 15 is 0 Å². The normalized spacial score (nSPS) is 15.1. The molecule has 0 bridgehead atoms. The molecule has 72 valence electrons. The number of ether oxygens (including phenoxy) is 1. The van der Waals surface area contributed by atoms with Gasteiger partial charge in [0.1, 0.15) is 5.76 Å². The van der Waals surface area contributed by atoms with Crippen LogP contribution >= 0.6 is 15.9 Å². The maximum atomic E-state index is 11.2. The topological polar surface area (TPSA) is 65.5 Å². The van der Waals surface area contributed by atoms with E-state index in [9.17, 15) is 4.79 Å². The van der Waals surface area contributed by atoms with Gasteiger partial charge in [-0.2, -0.15) is 0 Å². The van der Waals surface area contributed by atoms with Gasteiger partial charge in [0.15, 0.2) is 10.2 Å². The average molecular weight is 248 g/mol. The number of furan rings is 1. The molecule has 4 nitrogen and oxygen atoms in total. The molecule has 13 heavy (non-hydrogen) atoms. The van der Waals surface area contributed by atoms with E-state index in [0.29, 0.717) is 10.4 Å². The maximum absolute atomic E-state index is 11.2. The molecule has 0 aromatic carbocycles. The summed E-state index contributed by atoms with van der Waals surface area (Å²) in [4.78, 5) is 11.2. The zero-order valence-electron chi connectivity index (χ0n) is 7.33. The molecule has 0 aliphatic rings. The summed E-state index contributed by atoms with van der Waals surface area (Å²) in [6.07, 6.45) is 0. The highest BCUT2D eigenvalue weighted by atomic mass is 79.9. The van der Waals surface area contributed by atoms with Crippen molar-refractivity contribution in [2.45, 2.75) is 12.5 Å². The molecule has 1 rings (SSSR count). The monoisotopic (exact) mass is 247 g/mol. The molecule has 1 aromatic rings. The lowest BCUT2D eigenvalue weighted by Gasteiger charge is -2.18. The third-order valence-corrected chi connectivity index (χ3v) is 2.12. The van der Waals surface area contributed by atoms with E-state index in [2.05, 4.69) is 20.7 Å². The first-order valence-corrected chi connectivity index (χ1v) is 4.41. The lowest BCUT2D eigenvalue weighted by Crippen LogP contribution is -2.42. The van der Waals surface area contributed by atoms with Gasteiger partial charge in [-0.1, -0.05) is 0 Å². The Morgan fingerprint density at radius 1 is 1.69 bits per heavy atom. The summed E-state index contributed by atoms with van der Waals surface area (Å²) in [7, 11) is 1.28. The first-order valence-electron chi connectivity index (χ1n) is 3.61. The van der Waals surface area contributed by atoms with Crippen molar-refractivity contribution in [2.24, 2.45) is 5.73 Å². The molecule has 1 aromatic heterocycles. The summed E-state index contributed by atoms with van der Waals surface area (Å²) < 4.78 is 10.2. The Kier molecular flexibility index (Phi) is 2.77. The third-order valence-electron chi connectivity index (χ3n) is 1.69. The molecule has 1 unspecified atom stereocenters. The van der Waals surface area contributed by atoms with Crippen molar-refractivity contribution in [3.63, 3.8) is 0 Å². The fourth-order valence-corrected chi connectivity index (χ4v) is 1.21. The van der Waals surface area contributed by atoms with E-state index in [1.807, 2.05) is 0 Å². The molecule has 0 saturated carbocycles. The van der Waals surface area contributed by atoms with E-state index in [1.54, 1.807) is 12.1 Å². The Hall–Kier alpha value is -0.810. The van der Waals surface area contributed by atoms with Gasteiger partial charge >= 0.3 is 5.97 Å². The smallest absolute Gasteiger partial charge is 0.333 e. The SMILES string of the molecule is COC(=O)C(C)(N)c1ccc(Br)o1. The third kappa shape index (κ3) is 1.92. The zero-order valence-corrected chi connectivity index (χ0v) is 8.92. The number of rotatable bonds is 2. The van der Waals surface area contributed by atoms with Gasteiger partial charge in [-0.25, -0.2) is 4.79 Å². The van der Waals surface area contributed by atoms with E-state index in [1.165, 1.54) is 14.0 Å². The Bertz CT molecular complexity index is 319. The van der Waals surface area contributed by atoms with E-state index in [-0.39, 0.29) is 0 Å². The standard InChI is InChI=1S/C8H10BrNO3/c1-8(10,7(11)12-2)5-3-4-6(9)13-5/h3-4H,10H2,1-2H3. The second-order valence-electron chi connectivity index (χ2n) is 2.80. The van der Waals surface area contributed by atoms with Crippen LogP contribution in [0.1, 0.15) is 12.7 Å². The quantitative estimate of drug-likeness (QED) is 0.803. The predicted molar refractivity (Wildman–Crippen MR) is 50.0 cm³/mol. The van der Waals surface area contributed by atoms with Crippen LogP contribution in [0.2, 0.25) is 0 Å². The lowest BCUT2D eigenvalue weighted by atomic mass is 10.0. The number of nitrogens with two attached hydrogens (primary N) is 1. The molecular weight excluding hydrogens is 238 g/mol. The molecular formula is C8H10BrNO3. The van der Waals surface area contributed by atoms with Crippen LogP contribution in [-0.4, -0.2) is 13.1 Å². The summed E-state index contributed by atoms with van der Waals surface area (Å²) in [5, 5.41) is 0. The minimum Gasteiger partial charge on any atom is -0.467 e. The van der Waals surface area contributed by atoms with Crippen LogP contribution in [0.25, 0.3) is 0 Å². The summed E-state index contributed by atoms with van der Waals surface area (Å²) >= 11 is 3.12. The number of hydrogen-bond donors (Lipinski definition) is 1. The van der Waals surface area contributed by atoms with Crippen LogP contribution in [-0.2, 0) is 15.1 Å². The van der Waals surface area contributed by atoms with E-state index in [0.717, 1.165) is 0 Å². The van der Waals surface area contributed by atoms with E-state index < -0.39 is 11.5 Å². The molecule has 0 spiro atoms. The van der Waals surface area contributed by atoms with Gasteiger partial charge in [-0.15, -0.1) is 0 Å². The molecule has 0 radical (unpaired) electrons. The van der Waals surface area contributed by atoms with Crippen molar-refractivity contribution < 1.29 is 13.9 Å². The highest BCUT2D eigenvalue weighted by molar-refractivity contribution is 9.10. The van der Waals surface area contributed by atoms with Crippen molar-refractivity contribution in [1.29, 1.82) is 0 Å². The fourth-order valence-electron chi connectivity index (χ4n) is 0.906. The number of hydrogen-bond acceptors (Lipinski definition) is 4. The number of carbonyl (C=O) groups excluding carboxylic acids is 1. The van der Waals surface area contributed by atoms with Crippen molar-refractivity contribution in [3.05, 3.63) is 22.6 Å². The van der Waals surface area contributed by atoms with Gasteiger partial charge in [-0.3, -0.25) is 0 Å². The molecule has 5 heteroatoms. The van der Waals surface area contributed by atoms with Crippen molar-refractivity contribution >= 4 is 21.9 Å². The van der Waals surface area contributed by atoms with Gasteiger partial charge in [0.2, 0.25) is 0 Å². The second-order valence-corrected chi connectivity index (χ2v) is 3.58. The Morgan fingerprint density at radius 2 is 2.31 bits per heavy atom. The van der Waals surface area contributed by atoms with Gasteiger partial charge in [-0.05, 0) is 35.0 Å². The largest absolute Gasteiger partial charge is 0.467 e. The number of methoxy groups -OCH3 is 1. The van der Waals surface area contributed by atoms with Gasteiger partial charge in [0.05, 0.1) is 7.11 Å². The summed E-state index contributed by atoms with van der Waals surface area (Å²) in [5.41, 5.74) is 4.48. The van der Waals surface area contributed by atoms with E-state index in [4.69, 9.17) is 10.2 Å². The minimum atomic E-state index is -1.24. The fraction of sp³-hybridized carbons (Fsp3) is 0.375. The lowest BCUT2D eigenvalue weighted by molar-refractivity contribution is -0.147. The Morgan fingerprint density at radius 3 is 2.69 bits per heavy atom. The van der Waals surface area contributed by atoms with Crippen LogP contribution in [0, 0.1) is 0 Å². The predicted octanol–water partition coefficient (Wildman–Crippen LogP) is 1.39. The molecule has 0 aliphatic carbocycles. The molecule has 1 heterocycles. The number of carbonyl (C=O) groups is 1. The first kappa shape index (κ1) is 10.3. The Balaban J connectivity index is 2.99. The maximum Gasteiger partial charge on any atom is 0.333 e. The molecule has 0 aliphatic heterocycles. The highest BCUT2D eigenvalue weighted by Crippen LogP contribution is 2.24. The van der Waals surface area contributed by atoms with Crippen LogP contribution in [0.4, 0.5) is 0 Å². The summed E-state index contributed by atoms with van der Waals surface area (Å²) in [6, 6.07) is 3.30. The van der Waals surface area contributed by atoms with Crippen LogP contribution in [0.5, 0.6) is 0 Å². The zero-order chi connectivity index (χ0) is 10.1. The van der Waals surface area contributed by atoms with Crippen LogP contribution < -0.4 is 5.73 Å². The van der Waals surface area contributed by atoms with Gasteiger partial charge < -0.3 is 14.9 Å². The summed E-state index contributed by atoms with van der Waals surface area (Å²) in [5.74, 6) is -0.166. The van der Waals surface area contributed by atoms with Gasteiger partial charge in [0, 0.05) is 0 Å². The average Bonchev–Trinajstić information content (AvgIpc) is 2.50. The molecule has 0 fully saturated rings. The molecule has 0 amide bonds. The van der Waals surface area contributed by atoms with Gasteiger partial charge in [0.25, 0.3) is 0 Å². The molecule has 2 N–H and O–H groups in total. The summed E-state index contributed by atoms with van der Waals surface area (Å²) in [6.45, 7) is 1.53. The number of esters is 1. The van der Waals surface area contributed by atoms with Crippen LogP contribution in [0.3, 0.4) is 0 Å². The minimum absolute atomic E-state index is 0.367. The molecule has 1 atom stereocenters. The Labute approximate surface area is 84.2 Å². The first-order chi connectivity index (χ1) is 5.98. The molecule has 0 saturated heterocycles.